The van der Waals surface area contributed by atoms with Gasteiger partial charge in [0.25, 0.3) is 5.91 Å². The summed E-state index contributed by atoms with van der Waals surface area (Å²) in [6.45, 7) is 5.09. The molecule has 0 aliphatic carbocycles. The van der Waals surface area contributed by atoms with Crippen molar-refractivity contribution >= 4 is 21.6 Å². The molecular weight excluding hydrogens is 440 g/mol. The number of methoxy groups -OCH3 is 2. The molecule has 7 nitrogen and oxygen atoms in total. The van der Waals surface area contributed by atoms with Crippen LogP contribution in [0.4, 0.5) is 5.69 Å². The van der Waals surface area contributed by atoms with Gasteiger partial charge < -0.3 is 14.8 Å². The Morgan fingerprint density at radius 2 is 1.76 bits per heavy atom. The normalized spacial score (nSPS) is 12.2. The molecule has 0 aliphatic rings. The third-order valence-corrected chi connectivity index (χ3v) is 6.82. The van der Waals surface area contributed by atoms with Crippen molar-refractivity contribution in [1.29, 1.82) is 0 Å². The van der Waals surface area contributed by atoms with Crippen molar-refractivity contribution in [3.05, 3.63) is 53.6 Å². The first kappa shape index (κ1) is 26.5. The number of nitrogens with one attached hydrogen (secondary N) is 1. The van der Waals surface area contributed by atoms with Gasteiger partial charge in [-0.05, 0) is 42.2 Å². The first-order valence-electron chi connectivity index (χ1n) is 11.3. The highest BCUT2D eigenvalue weighted by atomic mass is 32.2. The molecule has 0 spiro atoms. The zero-order chi connectivity index (χ0) is 24.4. The Kier molecular flexibility index (Phi) is 10.0. The summed E-state index contributed by atoms with van der Waals surface area (Å²) in [7, 11) is -0.571. The van der Waals surface area contributed by atoms with Crippen molar-refractivity contribution in [3.8, 4) is 11.5 Å². The van der Waals surface area contributed by atoms with Gasteiger partial charge in [0.15, 0.2) is 0 Å². The molecule has 0 aromatic heterocycles. The Morgan fingerprint density at radius 1 is 1.06 bits per heavy atom. The number of hydrogen-bond donors (Lipinski definition) is 1. The van der Waals surface area contributed by atoms with Gasteiger partial charge in [0.2, 0.25) is 10.0 Å². The number of amides is 1. The number of nitrogens with zero attached hydrogens (tertiary/aromatic N) is 1. The van der Waals surface area contributed by atoms with Crippen molar-refractivity contribution < 1.29 is 22.7 Å². The number of rotatable bonds is 13. The van der Waals surface area contributed by atoms with Crippen LogP contribution in [-0.2, 0) is 16.6 Å². The number of hydrogen-bond acceptors (Lipinski definition) is 5. The highest BCUT2D eigenvalue weighted by molar-refractivity contribution is 7.92. The first-order chi connectivity index (χ1) is 15.7. The third-order valence-electron chi connectivity index (χ3n) is 5.69. The largest absolute Gasteiger partial charge is 0.497 e. The molecule has 1 atom stereocenters. The van der Waals surface area contributed by atoms with E-state index >= 15 is 0 Å². The van der Waals surface area contributed by atoms with Gasteiger partial charge in [-0.15, -0.1) is 0 Å². The van der Waals surface area contributed by atoms with E-state index in [4.69, 9.17) is 9.47 Å². The van der Waals surface area contributed by atoms with Crippen molar-refractivity contribution in [1.82, 2.24) is 5.32 Å². The van der Waals surface area contributed by atoms with Crippen molar-refractivity contribution in [2.75, 3.05) is 31.3 Å². The molecule has 0 saturated heterocycles. The molecule has 0 unspecified atom stereocenters. The number of benzene rings is 2. The number of ether oxygens (including phenoxy) is 2. The highest BCUT2D eigenvalue weighted by Gasteiger charge is 2.22. The van der Waals surface area contributed by atoms with Crippen LogP contribution >= 0.6 is 0 Å². The molecule has 2 aromatic rings. The van der Waals surface area contributed by atoms with Gasteiger partial charge in [0.05, 0.1) is 32.7 Å². The lowest BCUT2D eigenvalue weighted by molar-refractivity contribution is 0.0946. The topological polar surface area (TPSA) is 84.9 Å². The molecule has 0 bridgehead atoms. The maximum absolute atomic E-state index is 12.6. The molecule has 8 heteroatoms. The van der Waals surface area contributed by atoms with E-state index in [9.17, 15) is 13.2 Å². The van der Waals surface area contributed by atoms with Crippen molar-refractivity contribution in [2.45, 2.75) is 46.1 Å². The summed E-state index contributed by atoms with van der Waals surface area (Å²) in [5.41, 5.74) is 1.72. The van der Waals surface area contributed by atoms with Crippen LogP contribution in [0.3, 0.4) is 0 Å². The van der Waals surface area contributed by atoms with E-state index in [1.165, 1.54) is 24.9 Å². The van der Waals surface area contributed by atoms with Crippen LogP contribution in [-0.4, -0.2) is 41.3 Å². The number of anilines is 1. The number of carbonyl (C=O) groups is 1. The van der Waals surface area contributed by atoms with Crippen LogP contribution in [0, 0.1) is 5.92 Å². The van der Waals surface area contributed by atoms with E-state index in [0.717, 1.165) is 31.1 Å². The van der Waals surface area contributed by atoms with Gasteiger partial charge in [0.1, 0.15) is 11.5 Å². The van der Waals surface area contributed by atoms with E-state index in [1.807, 2.05) is 0 Å². The Morgan fingerprint density at radius 3 is 2.30 bits per heavy atom. The lowest BCUT2D eigenvalue weighted by Crippen LogP contribution is -2.30. The molecule has 1 N–H and O–H groups in total. The van der Waals surface area contributed by atoms with Crippen molar-refractivity contribution in [3.63, 3.8) is 0 Å². The Bertz CT molecular complexity index is 1010. The summed E-state index contributed by atoms with van der Waals surface area (Å²) in [5, 5.41) is 3.02. The van der Waals surface area contributed by atoms with Crippen molar-refractivity contribution in [2.24, 2.45) is 5.92 Å². The average molecular weight is 477 g/mol. The molecule has 0 saturated carbocycles. The molecule has 0 radical (unpaired) electrons. The fourth-order valence-electron chi connectivity index (χ4n) is 3.58. The lowest BCUT2D eigenvalue weighted by atomic mass is 9.99. The molecule has 0 heterocycles. The fraction of sp³-hybridized carbons (Fsp3) is 0.480. The zero-order valence-corrected chi connectivity index (χ0v) is 21.1. The monoisotopic (exact) mass is 476 g/mol. The van der Waals surface area contributed by atoms with Crippen LogP contribution in [0.2, 0.25) is 0 Å². The average Bonchev–Trinajstić information content (AvgIpc) is 2.81. The lowest BCUT2D eigenvalue weighted by Gasteiger charge is -2.24. The van der Waals surface area contributed by atoms with Crippen LogP contribution in [0.1, 0.15) is 55.5 Å². The molecule has 0 fully saturated rings. The second-order valence-corrected chi connectivity index (χ2v) is 10.0. The number of unbranched alkanes of at least 4 members (excludes halogenated alkanes) is 1. The first-order valence-corrected chi connectivity index (χ1v) is 13.1. The Labute approximate surface area is 198 Å². The quantitative estimate of drug-likeness (QED) is 0.456. The van der Waals surface area contributed by atoms with Gasteiger partial charge in [-0.25, -0.2) is 8.42 Å². The van der Waals surface area contributed by atoms with E-state index in [0.29, 0.717) is 35.2 Å². The molecule has 182 valence electrons. The molecular formula is C25H36N2O5S. The van der Waals surface area contributed by atoms with Crippen LogP contribution in [0.25, 0.3) is 0 Å². The van der Waals surface area contributed by atoms with Crippen LogP contribution in [0.15, 0.2) is 42.5 Å². The van der Waals surface area contributed by atoms with E-state index in [-0.39, 0.29) is 12.5 Å². The van der Waals surface area contributed by atoms with Gasteiger partial charge in [0, 0.05) is 18.2 Å². The second kappa shape index (κ2) is 12.5. The molecule has 2 aromatic carbocycles. The Balaban J connectivity index is 2.15. The van der Waals surface area contributed by atoms with Gasteiger partial charge in [-0.3, -0.25) is 9.10 Å². The molecule has 33 heavy (non-hydrogen) atoms. The van der Waals surface area contributed by atoms with Crippen LogP contribution < -0.4 is 19.1 Å². The third kappa shape index (κ3) is 7.67. The van der Waals surface area contributed by atoms with Crippen LogP contribution in [0.5, 0.6) is 11.5 Å². The highest BCUT2D eigenvalue weighted by Crippen LogP contribution is 2.34. The minimum atomic E-state index is -3.59. The van der Waals surface area contributed by atoms with Gasteiger partial charge >= 0.3 is 0 Å². The predicted octanol–water partition coefficient (Wildman–Crippen LogP) is 4.62. The fourth-order valence-corrected chi connectivity index (χ4v) is 4.47. The standard InChI is InChI=1S/C25H36N2O5S/c1-6-8-9-19(7-2)17-26-25(28)21-12-10-20(11-13-21)18-27(33(5,29)30)23-15-14-22(31-3)16-24(23)32-4/h10-16,19H,6-9,17-18H2,1-5H3,(H,26,28)/t19-/m0/s1. The number of sulfonamides is 1. The van der Waals surface area contributed by atoms with E-state index in [2.05, 4.69) is 19.2 Å². The summed E-state index contributed by atoms with van der Waals surface area (Å²) in [6.07, 6.45) is 5.62. The van der Waals surface area contributed by atoms with Gasteiger partial charge in [-0.2, -0.15) is 0 Å². The maximum atomic E-state index is 12.6. The SMILES string of the molecule is CCCC[C@H](CC)CNC(=O)c1ccc(CN(c2ccc(OC)cc2OC)S(C)(=O)=O)cc1. The van der Waals surface area contributed by atoms with E-state index in [1.54, 1.807) is 42.5 Å². The zero-order valence-electron chi connectivity index (χ0n) is 20.3. The summed E-state index contributed by atoms with van der Waals surface area (Å²) in [5.74, 6) is 1.33. The minimum Gasteiger partial charge on any atom is -0.497 e. The summed E-state index contributed by atoms with van der Waals surface area (Å²) >= 11 is 0. The maximum Gasteiger partial charge on any atom is 0.251 e. The van der Waals surface area contributed by atoms with Gasteiger partial charge in [-0.1, -0.05) is 45.2 Å². The summed E-state index contributed by atoms with van der Waals surface area (Å²) in [4.78, 5) is 12.6. The second-order valence-electron chi connectivity index (χ2n) is 8.13. The predicted molar refractivity (Wildman–Crippen MR) is 133 cm³/mol. The molecule has 2 rings (SSSR count). The smallest absolute Gasteiger partial charge is 0.251 e. The molecule has 0 aliphatic heterocycles. The summed E-state index contributed by atoms with van der Waals surface area (Å²) in [6, 6.07) is 12.0. The number of carbonyl (C=O) groups excluding carboxylic acids is 1. The molecule has 1 amide bonds. The minimum absolute atomic E-state index is 0.109. The van der Waals surface area contributed by atoms with E-state index < -0.39 is 10.0 Å². The Hall–Kier alpha value is -2.74. The summed E-state index contributed by atoms with van der Waals surface area (Å²) < 4.78 is 37.0.